The Balaban J connectivity index is 1.59. The minimum absolute atomic E-state index is 0.128. The van der Waals surface area contributed by atoms with Crippen LogP contribution in [0.25, 0.3) is 0 Å². The molecule has 1 aromatic heterocycles. The van der Waals surface area contributed by atoms with Crippen molar-refractivity contribution in [3.63, 3.8) is 0 Å². The van der Waals surface area contributed by atoms with Gasteiger partial charge in [-0.1, -0.05) is 18.2 Å². The van der Waals surface area contributed by atoms with Crippen molar-refractivity contribution in [1.82, 2.24) is 14.9 Å². The summed E-state index contributed by atoms with van der Waals surface area (Å²) in [5, 5.41) is 0. The van der Waals surface area contributed by atoms with Crippen molar-refractivity contribution in [2.45, 2.75) is 38.7 Å². The van der Waals surface area contributed by atoms with Crippen LogP contribution in [0, 0.1) is 18.8 Å². The number of aromatic nitrogens is 2. The number of fused-ring (bicyclic) bond motifs is 1. The molecule has 1 aliphatic carbocycles. The van der Waals surface area contributed by atoms with E-state index in [1.165, 1.54) is 25.9 Å². The predicted molar refractivity (Wildman–Crippen MR) is 92.4 cm³/mol. The minimum atomic E-state index is 0.128. The summed E-state index contributed by atoms with van der Waals surface area (Å²) < 4.78 is 6.09. The fraction of sp³-hybridized carbons (Fsp3) is 0.579. The second kappa shape index (κ2) is 7.73. The average molecular weight is 313 g/mol. The third-order valence-corrected chi connectivity index (χ3v) is 4.90. The van der Waals surface area contributed by atoms with Gasteiger partial charge in [-0.05, 0) is 50.5 Å². The average Bonchev–Trinajstić information content (AvgIpc) is 2.95. The molecule has 0 spiro atoms. The molecule has 0 saturated carbocycles. The maximum atomic E-state index is 6.09. The van der Waals surface area contributed by atoms with E-state index in [0.717, 1.165) is 36.9 Å². The summed E-state index contributed by atoms with van der Waals surface area (Å²) in [6.45, 7) is 9.14. The number of allylic oxidation sites excluding steroid dienone is 3. The highest BCUT2D eigenvalue weighted by Crippen LogP contribution is 2.33. The van der Waals surface area contributed by atoms with E-state index in [0.29, 0.717) is 6.01 Å². The fourth-order valence-electron chi connectivity index (χ4n) is 3.67. The van der Waals surface area contributed by atoms with Crippen molar-refractivity contribution in [2.75, 3.05) is 19.6 Å². The van der Waals surface area contributed by atoms with Gasteiger partial charge in [-0.3, -0.25) is 4.90 Å². The molecule has 0 radical (unpaired) electrons. The van der Waals surface area contributed by atoms with Gasteiger partial charge >= 0.3 is 6.01 Å². The first kappa shape index (κ1) is 16.2. The lowest BCUT2D eigenvalue weighted by Crippen LogP contribution is -2.35. The Morgan fingerprint density at radius 3 is 2.74 bits per heavy atom. The molecule has 0 amide bonds. The highest BCUT2D eigenvalue weighted by atomic mass is 16.5. The fourth-order valence-corrected chi connectivity index (χ4v) is 3.67. The molecular weight excluding hydrogens is 286 g/mol. The van der Waals surface area contributed by atoms with E-state index in [2.05, 4.69) is 33.6 Å². The standard InChI is InChI=1S/C19H27N3O/c1-3-4-9-18(23-19-20-11-10-15(2)21-19)14-22-12-16-7-5-6-8-17(16)13-22/h3,5-6,10-11,16-18H,1,4,7-9,12-14H2,2H3/t16-,17+,18-/m1/s1. The first-order valence-electron chi connectivity index (χ1n) is 8.69. The molecule has 0 N–H and O–H groups in total. The topological polar surface area (TPSA) is 38.2 Å². The third-order valence-electron chi connectivity index (χ3n) is 4.90. The van der Waals surface area contributed by atoms with Gasteiger partial charge in [-0.25, -0.2) is 9.97 Å². The number of ether oxygens (including phenoxy) is 1. The van der Waals surface area contributed by atoms with Crippen LogP contribution in [0.1, 0.15) is 31.4 Å². The molecule has 4 nitrogen and oxygen atoms in total. The highest BCUT2D eigenvalue weighted by molar-refractivity contribution is 5.04. The predicted octanol–water partition coefficient (Wildman–Crippen LogP) is 3.40. The van der Waals surface area contributed by atoms with E-state index in [1.807, 2.05) is 19.1 Å². The zero-order valence-electron chi connectivity index (χ0n) is 14.0. The molecule has 1 fully saturated rings. The molecule has 124 valence electrons. The Labute approximate surface area is 139 Å². The summed E-state index contributed by atoms with van der Waals surface area (Å²) in [7, 11) is 0. The lowest BCUT2D eigenvalue weighted by molar-refractivity contribution is 0.126. The molecule has 2 heterocycles. The summed E-state index contributed by atoms with van der Waals surface area (Å²) in [6, 6.07) is 2.39. The molecule has 2 aliphatic rings. The maximum Gasteiger partial charge on any atom is 0.316 e. The molecular formula is C19H27N3O. The molecule has 1 saturated heterocycles. The quantitative estimate of drug-likeness (QED) is 0.723. The molecule has 1 aromatic rings. The van der Waals surface area contributed by atoms with Gasteiger partial charge < -0.3 is 4.74 Å². The number of nitrogens with zero attached hydrogens (tertiary/aromatic N) is 3. The molecule has 0 unspecified atom stereocenters. The van der Waals surface area contributed by atoms with Crippen molar-refractivity contribution < 1.29 is 4.74 Å². The van der Waals surface area contributed by atoms with Crippen molar-refractivity contribution in [1.29, 1.82) is 0 Å². The van der Waals surface area contributed by atoms with Crippen molar-refractivity contribution >= 4 is 0 Å². The van der Waals surface area contributed by atoms with E-state index in [9.17, 15) is 0 Å². The molecule has 0 bridgehead atoms. The smallest absolute Gasteiger partial charge is 0.316 e. The zero-order valence-corrected chi connectivity index (χ0v) is 14.0. The summed E-state index contributed by atoms with van der Waals surface area (Å²) >= 11 is 0. The van der Waals surface area contributed by atoms with Gasteiger partial charge in [0, 0.05) is 31.5 Å². The van der Waals surface area contributed by atoms with Gasteiger partial charge in [0.15, 0.2) is 0 Å². The number of rotatable bonds is 7. The summed E-state index contributed by atoms with van der Waals surface area (Å²) in [5.41, 5.74) is 0.940. The van der Waals surface area contributed by atoms with Crippen molar-refractivity contribution in [2.24, 2.45) is 11.8 Å². The molecule has 23 heavy (non-hydrogen) atoms. The minimum Gasteiger partial charge on any atom is -0.459 e. The number of hydrogen-bond donors (Lipinski definition) is 0. The number of hydrogen-bond acceptors (Lipinski definition) is 4. The Bertz CT molecular complexity index is 541. The van der Waals surface area contributed by atoms with Crippen LogP contribution in [0.5, 0.6) is 6.01 Å². The second-order valence-corrected chi connectivity index (χ2v) is 6.77. The van der Waals surface area contributed by atoms with E-state index in [-0.39, 0.29) is 6.10 Å². The van der Waals surface area contributed by atoms with Crippen LogP contribution in [0.3, 0.4) is 0 Å². The highest BCUT2D eigenvalue weighted by Gasteiger charge is 2.33. The lowest BCUT2D eigenvalue weighted by Gasteiger charge is -2.23. The lowest BCUT2D eigenvalue weighted by atomic mass is 9.86. The first-order valence-corrected chi connectivity index (χ1v) is 8.69. The maximum absolute atomic E-state index is 6.09. The Morgan fingerprint density at radius 2 is 2.09 bits per heavy atom. The van der Waals surface area contributed by atoms with Gasteiger partial charge in [0.1, 0.15) is 6.10 Å². The van der Waals surface area contributed by atoms with Gasteiger partial charge in [0.05, 0.1) is 0 Å². The van der Waals surface area contributed by atoms with E-state index in [4.69, 9.17) is 4.74 Å². The zero-order chi connectivity index (χ0) is 16.1. The molecule has 3 rings (SSSR count). The van der Waals surface area contributed by atoms with Gasteiger partial charge in [0.2, 0.25) is 0 Å². The Hall–Kier alpha value is -1.68. The summed E-state index contributed by atoms with van der Waals surface area (Å²) in [4.78, 5) is 11.2. The largest absolute Gasteiger partial charge is 0.459 e. The Morgan fingerprint density at radius 1 is 1.35 bits per heavy atom. The van der Waals surface area contributed by atoms with Crippen molar-refractivity contribution in [3.05, 3.63) is 42.8 Å². The number of aryl methyl sites for hydroxylation is 1. The summed E-state index contributed by atoms with van der Waals surface area (Å²) in [5.74, 6) is 1.66. The van der Waals surface area contributed by atoms with Crippen LogP contribution >= 0.6 is 0 Å². The number of likely N-dealkylation sites (tertiary alicyclic amines) is 1. The normalized spacial score (nSPS) is 25.1. The van der Waals surface area contributed by atoms with E-state index < -0.39 is 0 Å². The van der Waals surface area contributed by atoms with Crippen LogP contribution in [0.15, 0.2) is 37.1 Å². The molecule has 4 heteroatoms. The van der Waals surface area contributed by atoms with E-state index in [1.54, 1.807) is 6.20 Å². The molecule has 3 atom stereocenters. The van der Waals surface area contributed by atoms with Gasteiger partial charge in [0.25, 0.3) is 0 Å². The van der Waals surface area contributed by atoms with Crippen LogP contribution in [0.2, 0.25) is 0 Å². The van der Waals surface area contributed by atoms with Crippen molar-refractivity contribution in [3.8, 4) is 6.01 Å². The SMILES string of the molecule is C=CCC[C@H](CN1C[C@H]2CC=CC[C@H]2C1)Oc1nccc(C)n1. The van der Waals surface area contributed by atoms with Crippen LogP contribution in [-0.4, -0.2) is 40.6 Å². The monoisotopic (exact) mass is 313 g/mol. The van der Waals surface area contributed by atoms with Crippen LogP contribution in [0.4, 0.5) is 0 Å². The second-order valence-electron chi connectivity index (χ2n) is 6.77. The van der Waals surface area contributed by atoms with E-state index >= 15 is 0 Å². The molecule has 0 aromatic carbocycles. The van der Waals surface area contributed by atoms with Crippen LogP contribution < -0.4 is 4.74 Å². The first-order chi connectivity index (χ1) is 11.2. The van der Waals surface area contributed by atoms with Gasteiger partial charge in [-0.2, -0.15) is 0 Å². The van der Waals surface area contributed by atoms with Gasteiger partial charge in [-0.15, -0.1) is 6.58 Å². The van der Waals surface area contributed by atoms with Crippen LogP contribution in [-0.2, 0) is 0 Å². The molecule has 1 aliphatic heterocycles. The third kappa shape index (κ3) is 4.41. The summed E-state index contributed by atoms with van der Waals surface area (Å²) in [6.07, 6.45) is 12.9. The Kier molecular flexibility index (Phi) is 5.44.